The predicted molar refractivity (Wildman–Crippen MR) is 109 cm³/mol. The maximum Gasteiger partial charge on any atom is 0.319 e. The Kier molecular flexibility index (Phi) is 6.46. The minimum atomic E-state index is -0.351. The molecule has 0 aliphatic heterocycles. The highest BCUT2D eigenvalue weighted by Crippen LogP contribution is 2.34. The zero-order valence-electron chi connectivity index (χ0n) is 16.5. The molecule has 152 valence electrons. The Hall–Kier alpha value is -3.82. The van der Waals surface area contributed by atoms with Gasteiger partial charge in [0.2, 0.25) is 0 Å². The first kappa shape index (κ1) is 19.9. The number of aryl methyl sites for hydroxylation is 1. The Bertz CT molecular complexity index is 974. The van der Waals surface area contributed by atoms with E-state index in [4.69, 9.17) is 9.47 Å². The van der Waals surface area contributed by atoms with Crippen LogP contribution in [0.25, 0.3) is 5.82 Å². The molecule has 2 amide bonds. The van der Waals surface area contributed by atoms with Gasteiger partial charge in [-0.3, -0.25) is 4.57 Å². The molecule has 0 aliphatic carbocycles. The van der Waals surface area contributed by atoms with Crippen LogP contribution in [0.5, 0.6) is 11.5 Å². The van der Waals surface area contributed by atoms with E-state index in [0.717, 1.165) is 5.82 Å². The van der Waals surface area contributed by atoms with Crippen LogP contribution in [0.15, 0.2) is 43.0 Å². The third kappa shape index (κ3) is 4.92. The molecule has 0 saturated heterocycles. The molecule has 3 N–H and O–H groups in total. The van der Waals surface area contributed by atoms with Gasteiger partial charge >= 0.3 is 6.03 Å². The number of hydrogen-bond acceptors (Lipinski definition) is 7. The minimum Gasteiger partial charge on any atom is -0.493 e. The third-order valence-corrected chi connectivity index (χ3v) is 4.09. The van der Waals surface area contributed by atoms with Gasteiger partial charge in [0.1, 0.15) is 23.8 Å². The van der Waals surface area contributed by atoms with Crippen LogP contribution in [0, 0.1) is 6.92 Å². The summed E-state index contributed by atoms with van der Waals surface area (Å²) < 4.78 is 12.4. The normalized spacial score (nSPS) is 10.3. The zero-order valence-corrected chi connectivity index (χ0v) is 16.5. The fraction of sp³-hybridized carbons (Fsp3) is 0.263. The molecule has 3 aromatic rings. The van der Waals surface area contributed by atoms with Gasteiger partial charge in [-0.15, -0.1) is 0 Å². The van der Waals surface area contributed by atoms with Crippen molar-refractivity contribution in [2.24, 2.45) is 0 Å². The molecule has 0 fully saturated rings. The van der Waals surface area contributed by atoms with Gasteiger partial charge in [-0.05, 0) is 19.1 Å². The van der Waals surface area contributed by atoms with E-state index in [9.17, 15) is 4.79 Å². The number of methoxy groups -OCH3 is 2. The molecule has 0 spiro atoms. The quantitative estimate of drug-likeness (QED) is 0.499. The van der Waals surface area contributed by atoms with Crippen LogP contribution in [0.2, 0.25) is 0 Å². The van der Waals surface area contributed by atoms with E-state index in [1.165, 1.54) is 13.4 Å². The Labute approximate surface area is 168 Å². The van der Waals surface area contributed by atoms with Crippen LogP contribution in [0.3, 0.4) is 0 Å². The largest absolute Gasteiger partial charge is 0.493 e. The van der Waals surface area contributed by atoms with Crippen molar-refractivity contribution in [3.8, 4) is 17.3 Å². The molecule has 0 bridgehead atoms. The summed E-state index contributed by atoms with van der Waals surface area (Å²) in [6, 6.07) is 6.73. The second-order valence-corrected chi connectivity index (χ2v) is 5.95. The van der Waals surface area contributed by atoms with Gasteiger partial charge < -0.3 is 25.4 Å². The summed E-state index contributed by atoms with van der Waals surface area (Å²) in [5, 5.41) is 8.68. The second kappa shape index (κ2) is 9.40. The maximum atomic E-state index is 12.2. The summed E-state index contributed by atoms with van der Waals surface area (Å²) in [5.74, 6) is 3.21. The van der Waals surface area contributed by atoms with Crippen molar-refractivity contribution in [3.63, 3.8) is 0 Å². The standard InChI is InChI=1S/C19H23N7O3/c1-13-20-9-10-26(13)17-11-16(23-12-24-17)21-7-8-22-19(27)25-14-5-4-6-15(28-2)18(14)29-3/h4-6,9-12H,7-8H2,1-3H3,(H,21,23,24)(H2,22,25,27). The molecule has 3 rings (SSSR count). The average Bonchev–Trinajstić information content (AvgIpc) is 3.17. The van der Waals surface area contributed by atoms with Crippen molar-refractivity contribution in [1.82, 2.24) is 24.8 Å². The van der Waals surface area contributed by atoms with Gasteiger partial charge in [0.25, 0.3) is 0 Å². The van der Waals surface area contributed by atoms with Crippen molar-refractivity contribution < 1.29 is 14.3 Å². The number of carbonyl (C=O) groups excluding carboxylic acids is 1. The number of benzene rings is 1. The molecule has 1 aromatic carbocycles. The van der Waals surface area contributed by atoms with Gasteiger partial charge in [0, 0.05) is 31.5 Å². The van der Waals surface area contributed by atoms with Crippen molar-refractivity contribution in [3.05, 3.63) is 48.8 Å². The first-order valence-corrected chi connectivity index (χ1v) is 8.94. The number of amides is 2. The summed E-state index contributed by atoms with van der Waals surface area (Å²) in [6.07, 6.45) is 5.02. The monoisotopic (exact) mass is 397 g/mol. The van der Waals surface area contributed by atoms with Crippen LogP contribution in [-0.2, 0) is 0 Å². The first-order chi connectivity index (χ1) is 14.1. The number of nitrogens with one attached hydrogen (secondary N) is 3. The second-order valence-electron chi connectivity index (χ2n) is 5.95. The Morgan fingerprint density at radius 2 is 2.00 bits per heavy atom. The van der Waals surface area contributed by atoms with Crippen LogP contribution < -0.4 is 25.4 Å². The van der Waals surface area contributed by atoms with Crippen molar-refractivity contribution in [2.45, 2.75) is 6.92 Å². The minimum absolute atomic E-state index is 0.351. The predicted octanol–water partition coefficient (Wildman–Crippen LogP) is 2.22. The lowest BCUT2D eigenvalue weighted by Crippen LogP contribution is -2.32. The summed E-state index contributed by atoms with van der Waals surface area (Å²) in [4.78, 5) is 24.8. The van der Waals surface area contributed by atoms with Crippen molar-refractivity contribution >= 4 is 17.5 Å². The van der Waals surface area contributed by atoms with E-state index >= 15 is 0 Å². The van der Waals surface area contributed by atoms with Crippen LogP contribution in [-0.4, -0.2) is 52.9 Å². The number of para-hydroxylation sites is 1. The number of nitrogens with zero attached hydrogens (tertiary/aromatic N) is 4. The molecule has 2 aromatic heterocycles. The van der Waals surface area contributed by atoms with Gasteiger partial charge in [0.15, 0.2) is 11.5 Å². The summed E-state index contributed by atoms with van der Waals surface area (Å²) in [6.45, 7) is 2.78. The van der Waals surface area contributed by atoms with Crippen LogP contribution in [0.4, 0.5) is 16.3 Å². The molecule has 0 aliphatic rings. The maximum absolute atomic E-state index is 12.2. The van der Waals surface area contributed by atoms with E-state index in [-0.39, 0.29) is 6.03 Å². The highest BCUT2D eigenvalue weighted by atomic mass is 16.5. The first-order valence-electron chi connectivity index (χ1n) is 8.94. The molecule has 29 heavy (non-hydrogen) atoms. The number of ether oxygens (including phenoxy) is 2. The lowest BCUT2D eigenvalue weighted by Gasteiger charge is -2.14. The Balaban J connectivity index is 1.50. The molecule has 10 heteroatoms. The smallest absolute Gasteiger partial charge is 0.319 e. The van der Waals surface area contributed by atoms with Gasteiger partial charge in [0.05, 0.1) is 19.9 Å². The van der Waals surface area contributed by atoms with Crippen LogP contribution in [0.1, 0.15) is 5.82 Å². The molecule has 2 heterocycles. The molecular formula is C19H23N7O3. The van der Waals surface area contributed by atoms with Crippen molar-refractivity contribution in [2.75, 3.05) is 37.9 Å². The number of carbonyl (C=O) groups is 1. The van der Waals surface area contributed by atoms with Gasteiger partial charge in [-0.25, -0.2) is 19.7 Å². The number of imidazole rings is 1. The number of rotatable bonds is 8. The number of hydrogen-bond donors (Lipinski definition) is 3. The third-order valence-electron chi connectivity index (χ3n) is 4.09. The highest BCUT2D eigenvalue weighted by Gasteiger charge is 2.11. The van der Waals surface area contributed by atoms with Crippen molar-refractivity contribution in [1.29, 1.82) is 0 Å². The fourth-order valence-electron chi connectivity index (χ4n) is 2.71. The average molecular weight is 397 g/mol. The SMILES string of the molecule is COc1cccc(NC(=O)NCCNc2cc(-n3ccnc3C)ncn2)c1OC. The van der Waals surface area contributed by atoms with Crippen LogP contribution >= 0.6 is 0 Å². The Morgan fingerprint density at radius 1 is 1.14 bits per heavy atom. The highest BCUT2D eigenvalue weighted by molar-refractivity contribution is 5.91. The number of anilines is 2. The van der Waals surface area contributed by atoms with E-state index in [2.05, 4.69) is 30.9 Å². The Morgan fingerprint density at radius 3 is 2.72 bits per heavy atom. The fourth-order valence-corrected chi connectivity index (χ4v) is 2.71. The summed E-state index contributed by atoms with van der Waals surface area (Å²) >= 11 is 0. The van der Waals surface area contributed by atoms with E-state index < -0.39 is 0 Å². The zero-order chi connectivity index (χ0) is 20.6. The van der Waals surface area contributed by atoms with E-state index in [1.807, 2.05) is 23.8 Å². The lowest BCUT2D eigenvalue weighted by molar-refractivity contribution is 0.252. The van der Waals surface area contributed by atoms with E-state index in [0.29, 0.717) is 41.9 Å². The molecule has 0 radical (unpaired) electrons. The van der Waals surface area contributed by atoms with E-state index in [1.54, 1.807) is 31.5 Å². The van der Waals surface area contributed by atoms with Gasteiger partial charge in [-0.1, -0.05) is 6.07 Å². The summed E-state index contributed by atoms with van der Waals surface area (Å²) in [5.41, 5.74) is 0.522. The molecule has 0 saturated carbocycles. The molecule has 10 nitrogen and oxygen atoms in total. The topological polar surface area (TPSA) is 115 Å². The number of urea groups is 1. The molecular weight excluding hydrogens is 374 g/mol. The molecule has 0 unspecified atom stereocenters. The number of aromatic nitrogens is 4. The molecule has 0 atom stereocenters. The lowest BCUT2D eigenvalue weighted by atomic mass is 10.2. The van der Waals surface area contributed by atoms with Gasteiger partial charge in [-0.2, -0.15) is 0 Å². The summed E-state index contributed by atoms with van der Waals surface area (Å²) in [7, 11) is 3.06.